The van der Waals surface area contributed by atoms with Crippen LogP contribution in [0.25, 0.3) is 0 Å². The highest BCUT2D eigenvalue weighted by molar-refractivity contribution is 7.99. The van der Waals surface area contributed by atoms with Gasteiger partial charge in [0.25, 0.3) is 0 Å². The third-order valence-electron chi connectivity index (χ3n) is 4.61. The number of thioether (sulfide) groups is 1. The topological polar surface area (TPSA) is 20.3 Å². The van der Waals surface area contributed by atoms with E-state index in [0.29, 0.717) is 30.8 Å². The van der Waals surface area contributed by atoms with E-state index in [1.165, 1.54) is 30.0 Å². The summed E-state index contributed by atoms with van der Waals surface area (Å²) in [5.74, 6) is -0.740. The summed E-state index contributed by atoms with van der Waals surface area (Å²) in [7, 11) is 0. The average molecular weight is 415 g/mol. The molecule has 28 heavy (non-hydrogen) atoms. The van der Waals surface area contributed by atoms with Gasteiger partial charge < -0.3 is 4.90 Å². The van der Waals surface area contributed by atoms with Crippen molar-refractivity contribution in [3.8, 4) is 0 Å². The molecule has 1 fully saturated rings. The van der Waals surface area contributed by atoms with Crippen molar-refractivity contribution in [3.63, 3.8) is 0 Å². The molecule has 2 aromatic carbocycles. The number of carbonyl (C=O) groups excluding carboxylic acids is 1. The van der Waals surface area contributed by atoms with E-state index < -0.39 is 23.4 Å². The van der Waals surface area contributed by atoms with Gasteiger partial charge >= 0.3 is 6.18 Å². The predicted molar refractivity (Wildman–Crippen MR) is 97.9 cm³/mol. The number of carbonyl (C=O) groups is 1. The monoisotopic (exact) mass is 415 g/mol. The van der Waals surface area contributed by atoms with Gasteiger partial charge in [-0.25, -0.2) is 8.78 Å². The molecule has 0 bridgehead atoms. The molecule has 1 heterocycles. The highest BCUT2D eigenvalue weighted by Crippen LogP contribution is 2.36. The Kier molecular flexibility index (Phi) is 6.27. The lowest BCUT2D eigenvalue weighted by molar-refractivity contribution is -0.138. The number of alkyl halides is 3. The first-order valence-electron chi connectivity index (χ1n) is 8.74. The second-order valence-electron chi connectivity index (χ2n) is 6.57. The van der Waals surface area contributed by atoms with Gasteiger partial charge in [-0.15, -0.1) is 0 Å². The van der Waals surface area contributed by atoms with Crippen molar-refractivity contribution in [2.75, 3.05) is 18.8 Å². The van der Waals surface area contributed by atoms with Crippen molar-refractivity contribution in [3.05, 3.63) is 70.8 Å². The van der Waals surface area contributed by atoms with Crippen LogP contribution in [0.1, 0.15) is 28.4 Å². The first kappa shape index (κ1) is 20.6. The number of amides is 1. The SMILES string of the molecule is O=C(Cc1cccc(C(F)(F)F)c1)N1CCSC(c2cc(F)ccc2F)CC1. The van der Waals surface area contributed by atoms with Crippen LogP contribution < -0.4 is 0 Å². The molecule has 1 aliphatic rings. The van der Waals surface area contributed by atoms with Gasteiger partial charge in [-0.2, -0.15) is 24.9 Å². The van der Waals surface area contributed by atoms with E-state index in [0.717, 1.165) is 24.3 Å². The molecular weight excluding hydrogens is 397 g/mol. The first-order chi connectivity index (χ1) is 13.2. The van der Waals surface area contributed by atoms with Gasteiger partial charge in [-0.1, -0.05) is 18.2 Å². The standard InChI is InChI=1S/C20H18F5NOS/c21-15-4-5-17(22)16(12-15)18-6-7-26(8-9-28-18)19(27)11-13-2-1-3-14(10-13)20(23,24)25/h1-5,10,12,18H,6-9,11H2. The van der Waals surface area contributed by atoms with Gasteiger partial charge in [0, 0.05) is 29.7 Å². The van der Waals surface area contributed by atoms with Crippen LogP contribution in [-0.2, 0) is 17.4 Å². The quantitative estimate of drug-likeness (QED) is 0.640. The molecule has 1 aliphatic heterocycles. The molecule has 1 unspecified atom stereocenters. The van der Waals surface area contributed by atoms with Crippen LogP contribution in [0.2, 0.25) is 0 Å². The molecule has 1 saturated heterocycles. The lowest BCUT2D eigenvalue weighted by Crippen LogP contribution is -2.34. The zero-order valence-electron chi connectivity index (χ0n) is 14.8. The minimum absolute atomic E-state index is 0.131. The first-order valence-corrected chi connectivity index (χ1v) is 9.79. The molecule has 1 atom stereocenters. The molecule has 0 aliphatic carbocycles. The van der Waals surface area contributed by atoms with E-state index >= 15 is 0 Å². The molecule has 0 spiro atoms. The van der Waals surface area contributed by atoms with E-state index in [2.05, 4.69) is 0 Å². The van der Waals surface area contributed by atoms with Gasteiger partial charge in [-0.3, -0.25) is 4.79 Å². The third kappa shape index (κ3) is 5.04. The van der Waals surface area contributed by atoms with E-state index in [4.69, 9.17) is 0 Å². The number of hydrogen-bond acceptors (Lipinski definition) is 2. The molecule has 8 heteroatoms. The van der Waals surface area contributed by atoms with Crippen LogP contribution in [0, 0.1) is 11.6 Å². The van der Waals surface area contributed by atoms with Crippen LogP contribution >= 0.6 is 11.8 Å². The molecule has 2 nitrogen and oxygen atoms in total. The van der Waals surface area contributed by atoms with Crippen molar-refractivity contribution in [2.45, 2.75) is 24.3 Å². The number of halogens is 5. The Balaban J connectivity index is 1.65. The Morgan fingerprint density at radius 2 is 1.89 bits per heavy atom. The van der Waals surface area contributed by atoms with Crippen LogP contribution in [0.3, 0.4) is 0 Å². The smallest absolute Gasteiger partial charge is 0.342 e. The summed E-state index contributed by atoms with van der Waals surface area (Å²) < 4.78 is 65.9. The minimum atomic E-state index is -4.46. The Morgan fingerprint density at radius 3 is 2.64 bits per heavy atom. The van der Waals surface area contributed by atoms with Crippen molar-refractivity contribution < 1.29 is 26.7 Å². The molecule has 0 N–H and O–H groups in total. The lowest BCUT2D eigenvalue weighted by atomic mass is 10.1. The highest BCUT2D eigenvalue weighted by Gasteiger charge is 2.31. The van der Waals surface area contributed by atoms with E-state index in [1.807, 2.05) is 0 Å². The van der Waals surface area contributed by atoms with Crippen molar-refractivity contribution >= 4 is 17.7 Å². The summed E-state index contributed by atoms with van der Waals surface area (Å²) in [5.41, 5.74) is -0.215. The Labute approximate surface area is 163 Å². The van der Waals surface area contributed by atoms with E-state index in [-0.39, 0.29) is 23.1 Å². The second kappa shape index (κ2) is 8.51. The fourth-order valence-electron chi connectivity index (χ4n) is 3.17. The van der Waals surface area contributed by atoms with Gasteiger partial charge in [0.15, 0.2) is 0 Å². The normalized spacial score (nSPS) is 18.0. The largest absolute Gasteiger partial charge is 0.416 e. The van der Waals surface area contributed by atoms with E-state index in [9.17, 15) is 26.7 Å². The Bertz CT molecular complexity index is 855. The van der Waals surface area contributed by atoms with E-state index in [1.54, 1.807) is 4.90 Å². The van der Waals surface area contributed by atoms with Gasteiger partial charge in [-0.05, 0) is 36.2 Å². The van der Waals surface area contributed by atoms with Crippen molar-refractivity contribution in [1.29, 1.82) is 0 Å². The molecule has 0 saturated carbocycles. The molecule has 0 aromatic heterocycles. The zero-order chi connectivity index (χ0) is 20.3. The number of rotatable bonds is 3. The van der Waals surface area contributed by atoms with Gasteiger partial charge in [0.1, 0.15) is 11.6 Å². The summed E-state index contributed by atoms with van der Waals surface area (Å²) in [6, 6.07) is 8.05. The second-order valence-corrected chi connectivity index (χ2v) is 7.88. The predicted octanol–water partition coefficient (Wildman–Crippen LogP) is 5.23. The number of nitrogens with zero attached hydrogens (tertiary/aromatic N) is 1. The highest BCUT2D eigenvalue weighted by atomic mass is 32.2. The number of benzene rings is 2. The minimum Gasteiger partial charge on any atom is -0.342 e. The maximum absolute atomic E-state index is 14.0. The lowest BCUT2D eigenvalue weighted by Gasteiger charge is -2.21. The average Bonchev–Trinajstić information content (AvgIpc) is 2.89. The fraction of sp³-hybridized carbons (Fsp3) is 0.350. The maximum atomic E-state index is 14.0. The molecule has 3 rings (SSSR count). The fourth-order valence-corrected chi connectivity index (χ4v) is 4.42. The van der Waals surface area contributed by atoms with Crippen LogP contribution in [0.5, 0.6) is 0 Å². The van der Waals surface area contributed by atoms with Crippen LogP contribution in [-0.4, -0.2) is 29.6 Å². The third-order valence-corrected chi connectivity index (χ3v) is 5.92. The molecule has 2 aromatic rings. The summed E-state index contributed by atoms with van der Waals surface area (Å²) in [4.78, 5) is 14.1. The number of hydrogen-bond donors (Lipinski definition) is 0. The summed E-state index contributed by atoms with van der Waals surface area (Å²) in [6.45, 7) is 0.751. The molecule has 150 valence electrons. The Morgan fingerprint density at radius 1 is 1.11 bits per heavy atom. The van der Waals surface area contributed by atoms with Gasteiger partial charge in [0.2, 0.25) is 5.91 Å². The molecule has 1 amide bonds. The Hall–Kier alpha value is -2.09. The van der Waals surface area contributed by atoms with Gasteiger partial charge in [0.05, 0.1) is 12.0 Å². The molecule has 0 radical (unpaired) electrons. The summed E-state index contributed by atoms with van der Waals surface area (Å²) >= 11 is 1.44. The van der Waals surface area contributed by atoms with Crippen molar-refractivity contribution in [1.82, 2.24) is 4.90 Å². The zero-order valence-corrected chi connectivity index (χ0v) is 15.6. The summed E-state index contributed by atoms with van der Waals surface area (Å²) in [5, 5.41) is -0.276. The maximum Gasteiger partial charge on any atom is 0.416 e. The van der Waals surface area contributed by atoms with Crippen molar-refractivity contribution in [2.24, 2.45) is 0 Å². The van der Waals surface area contributed by atoms with Crippen LogP contribution in [0.15, 0.2) is 42.5 Å². The molecular formula is C20H18F5NOS. The summed E-state index contributed by atoms with van der Waals surface area (Å²) in [6.07, 6.45) is -4.15. The van der Waals surface area contributed by atoms with Crippen LogP contribution in [0.4, 0.5) is 22.0 Å².